The fraction of sp³-hybridized carbons (Fsp3) is 0.500. The third-order valence-corrected chi connectivity index (χ3v) is 4.98. The van der Waals surface area contributed by atoms with Crippen LogP contribution in [0, 0.1) is 17.1 Å². The number of likely N-dealkylation sites (N-methyl/N-ethyl adjacent to an activating group) is 1. The summed E-state index contributed by atoms with van der Waals surface area (Å²) in [5.74, 6) is 1.51. The fourth-order valence-corrected chi connectivity index (χ4v) is 3.24. The molecule has 1 saturated heterocycles. The molecule has 0 N–H and O–H groups in total. The summed E-state index contributed by atoms with van der Waals surface area (Å²) >= 11 is 0. The second kappa shape index (κ2) is 6.54. The van der Waals surface area contributed by atoms with E-state index in [0.717, 1.165) is 43.9 Å². The van der Waals surface area contributed by atoms with Gasteiger partial charge < -0.3 is 4.52 Å². The minimum atomic E-state index is -0.461. The number of nitrogens with zero attached hydrogens (tertiary/aromatic N) is 5. The normalized spacial score (nSPS) is 22.0. The van der Waals surface area contributed by atoms with E-state index in [1.807, 2.05) is 12.1 Å². The summed E-state index contributed by atoms with van der Waals surface area (Å²) in [7, 11) is 2.06. The largest absolute Gasteiger partial charge is 0.338 e. The number of hydrogen-bond acceptors (Lipinski definition) is 6. The number of hydrogen-bond donors (Lipinski definition) is 0. The maximum absolute atomic E-state index is 13.8. The van der Waals surface area contributed by atoms with Gasteiger partial charge in [-0.1, -0.05) is 11.2 Å². The van der Waals surface area contributed by atoms with Gasteiger partial charge in [-0.15, -0.1) is 0 Å². The van der Waals surface area contributed by atoms with E-state index in [1.54, 1.807) is 0 Å². The number of halogens is 1. The summed E-state index contributed by atoms with van der Waals surface area (Å²) in [6.07, 6.45) is 2.30. The van der Waals surface area contributed by atoms with Crippen LogP contribution in [0.4, 0.5) is 4.39 Å². The number of rotatable bonds is 4. The van der Waals surface area contributed by atoms with Gasteiger partial charge >= 0.3 is 0 Å². The van der Waals surface area contributed by atoms with E-state index < -0.39 is 5.82 Å². The molecular weight excluding hydrogens is 321 g/mol. The first-order valence-electron chi connectivity index (χ1n) is 8.58. The molecule has 0 radical (unpaired) electrons. The monoisotopic (exact) mass is 341 g/mol. The van der Waals surface area contributed by atoms with E-state index in [9.17, 15) is 4.39 Å². The summed E-state index contributed by atoms with van der Waals surface area (Å²) in [4.78, 5) is 9.06. The van der Waals surface area contributed by atoms with Gasteiger partial charge in [0.05, 0.1) is 5.56 Å². The Morgan fingerprint density at radius 3 is 2.92 bits per heavy atom. The molecule has 2 aromatic rings. The zero-order valence-electron chi connectivity index (χ0n) is 14.2. The van der Waals surface area contributed by atoms with Crippen molar-refractivity contribution < 1.29 is 8.91 Å². The highest BCUT2D eigenvalue weighted by atomic mass is 19.1. The molecule has 1 saturated carbocycles. The molecule has 4 rings (SSSR count). The second-order valence-corrected chi connectivity index (χ2v) is 6.92. The van der Waals surface area contributed by atoms with Gasteiger partial charge in [-0.2, -0.15) is 10.2 Å². The van der Waals surface area contributed by atoms with Crippen LogP contribution in [0.25, 0.3) is 0 Å². The van der Waals surface area contributed by atoms with Crippen LogP contribution in [0.2, 0.25) is 0 Å². The molecular formula is C18H20FN5O. The van der Waals surface area contributed by atoms with Crippen LogP contribution in [0.5, 0.6) is 0 Å². The average molecular weight is 341 g/mol. The molecule has 130 valence electrons. The zero-order valence-corrected chi connectivity index (χ0v) is 14.2. The Labute approximate surface area is 145 Å². The van der Waals surface area contributed by atoms with Crippen LogP contribution in [0.1, 0.15) is 47.6 Å². The van der Waals surface area contributed by atoms with E-state index in [2.05, 4.69) is 27.0 Å². The first-order chi connectivity index (χ1) is 12.1. The van der Waals surface area contributed by atoms with Gasteiger partial charge in [-0.3, -0.25) is 9.80 Å². The van der Waals surface area contributed by atoms with E-state index in [4.69, 9.17) is 9.78 Å². The zero-order chi connectivity index (χ0) is 17.4. The Bertz CT molecular complexity index is 810. The second-order valence-electron chi connectivity index (χ2n) is 6.92. The van der Waals surface area contributed by atoms with Gasteiger partial charge in [0, 0.05) is 32.1 Å². The minimum absolute atomic E-state index is 0.0528. The predicted molar refractivity (Wildman–Crippen MR) is 88.0 cm³/mol. The maximum Gasteiger partial charge on any atom is 0.245 e. The standard InChI is InChI=1S/C18H20FN5O/c1-23-6-7-24(10-12-2-3-14(9-20)15(19)8-12)11-16(23)18-21-17(22-25-18)13-4-5-13/h2-3,8,13,16H,4-7,10-11H2,1H3/t16-/m1/s1. The van der Waals surface area contributed by atoms with E-state index in [-0.39, 0.29) is 11.6 Å². The van der Waals surface area contributed by atoms with Gasteiger partial charge in [0.25, 0.3) is 0 Å². The van der Waals surface area contributed by atoms with Crippen LogP contribution in [-0.4, -0.2) is 46.6 Å². The Morgan fingerprint density at radius 2 is 2.20 bits per heavy atom. The van der Waals surface area contributed by atoms with Crippen molar-refractivity contribution in [3.63, 3.8) is 0 Å². The quantitative estimate of drug-likeness (QED) is 0.851. The first-order valence-corrected chi connectivity index (χ1v) is 8.58. The van der Waals surface area contributed by atoms with Crippen molar-refractivity contribution in [3.8, 4) is 6.07 Å². The highest BCUT2D eigenvalue weighted by molar-refractivity contribution is 5.33. The van der Waals surface area contributed by atoms with E-state index in [1.165, 1.54) is 12.1 Å². The predicted octanol–water partition coefficient (Wildman–Crippen LogP) is 2.45. The van der Waals surface area contributed by atoms with Crippen molar-refractivity contribution in [2.24, 2.45) is 0 Å². The van der Waals surface area contributed by atoms with Crippen molar-refractivity contribution in [1.82, 2.24) is 19.9 Å². The number of benzene rings is 1. The number of piperazine rings is 1. The summed E-state index contributed by atoms with van der Waals surface area (Å²) in [5, 5.41) is 13.0. The molecule has 2 heterocycles. The molecule has 0 amide bonds. The van der Waals surface area contributed by atoms with Crippen molar-refractivity contribution in [2.75, 3.05) is 26.7 Å². The lowest BCUT2D eigenvalue weighted by Gasteiger charge is -2.37. The average Bonchev–Trinajstić information content (AvgIpc) is 3.34. The van der Waals surface area contributed by atoms with Crippen molar-refractivity contribution in [3.05, 3.63) is 46.9 Å². The lowest BCUT2D eigenvalue weighted by Crippen LogP contribution is -2.46. The van der Waals surface area contributed by atoms with Gasteiger partial charge in [0.1, 0.15) is 17.9 Å². The number of nitriles is 1. The molecule has 7 heteroatoms. The Hall–Kier alpha value is -2.30. The Kier molecular flexibility index (Phi) is 4.24. The molecule has 0 spiro atoms. The van der Waals surface area contributed by atoms with Crippen LogP contribution >= 0.6 is 0 Å². The molecule has 1 aliphatic carbocycles. The maximum atomic E-state index is 13.8. The minimum Gasteiger partial charge on any atom is -0.338 e. The van der Waals surface area contributed by atoms with Crippen molar-refractivity contribution in [1.29, 1.82) is 5.26 Å². The smallest absolute Gasteiger partial charge is 0.245 e. The molecule has 2 fully saturated rings. The van der Waals surface area contributed by atoms with Crippen LogP contribution in [0.15, 0.2) is 22.7 Å². The van der Waals surface area contributed by atoms with Gasteiger partial charge in [0.2, 0.25) is 5.89 Å². The third kappa shape index (κ3) is 3.41. The summed E-state index contributed by atoms with van der Waals surface area (Å²) in [5.41, 5.74) is 0.947. The summed E-state index contributed by atoms with van der Waals surface area (Å²) in [6, 6.07) is 6.71. The molecule has 1 aromatic heterocycles. The molecule has 0 unspecified atom stereocenters. The van der Waals surface area contributed by atoms with Crippen molar-refractivity contribution >= 4 is 0 Å². The highest BCUT2D eigenvalue weighted by Crippen LogP contribution is 2.38. The topological polar surface area (TPSA) is 69.2 Å². The molecule has 2 aliphatic rings. The van der Waals surface area contributed by atoms with Crippen molar-refractivity contribution in [2.45, 2.75) is 31.3 Å². The Balaban J connectivity index is 1.46. The lowest BCUT2D eigenvalue weighted by atomic mass is 10.1. The molecule has 25 heavy (non-hydrogen) atoms. The third-order valence-electron chi connectivity index (χ3n) is 4.98. The molecule has 1 atom stereocenters. The number of aromatic nitrogens is 2. The first kappa shape index (κ1) is 16.2. The summed E-state index contributed by atoms with van der Waals surface area (Å²) in [6.45, 7) is 3.16. The fourth-order valence-electron chi connectivity index (χ4n) is 3.24. The SMILES string of the molecule is CN1CCN(Cc2ccc(C#N)c(F)c2)C[C@@H]1c1nc(C2CC2)no1. The Morgan fingerprint density at radius 1 is 1.36 bits per heavy atom. The molecule has 1 aromatic carbocycles. The summed E-state index contributed by atoms with van der Waals surface area (Å²) < 4.78 is 19.3. The van der Waals surface area contributed by atoms with Crippen LogP contribution in [-0.2, 0) is 6.54 Å². The molecule has 6 nitrogen and oxygen atoms in total. The van der Waals surface area contributed by atoms with Gasteiger partial charge in [0.15, 0.2) is 5.82 Å². The molecule has 1 aliphatic heterocycles. The lowest BCUT2D eigenvalue weighted by molar-refractivity contribution is 0.0714. The highest BCUT2D eigenvalue weighted by Gasteiger charge is 2.33. The van der Waals surface area contributed by atoms with Gasteiger partial charge in [-0.25, -0.2) is 4.39 Å². The van der Waals surface area contributed by atoms with Crippen LogP contribution < -0.4 is 0 Å². The van der Waals surface area contributed by atoms with Gasteiger partial charge in [-0.05, 0) is 37.6 Å². The van der Waals surface area contributed by atoms with E-state index >= 15 is 0 Å². The van der Waals surface area contributed by atoms with E-state index in [0.29, 0.717) is 18.4 Å². The molecule has 0 bridgehead atoms. The van der Waals surface area contributed by atoms with Crippen LogP contribution in [0.3, 0.4) is 0 Å².